The van der Waals surface area contributed by atoms with Crippen molar-refractivity contribution in [1.82, 2.24) is 4.57 Å². The van der Waals surface area contributed by atoms with E-state index in [0.717, 1.165) is 71.0 Å². The minimum atomic E-state index is 0.139. The maximum absolute atomic E-state index is 2.54. The van der Waals surface area contributed by atoms with Crippen molar-refractivity contribution in [1.29, 1.82) is 0 Å². The third-order valence-corrected chi connectivity index (χ3v) is 38.2. The first-order chi connectivity index (χ1) is 72.3. The number of fused-ring (bicyclic) bond motifs is 13. The molecule has 12 fully saturated rings. The van der Waals surface area contributed by atoms with E-state index in [1.54, 1.807) is 33.4 Å². The molecule has 146 heavy (non-hydrogen) atoms. The van der Waals surface area contributed by atoms with E-state index in [9.17, 15) is 0 Å². The van der Waals surface area contributed by atoms with Crippen molar-refractivity contribution in [3.8, 4) is 83.6 Å². The van der Waals surface area contributed by atoms with Crippen LogP contribution in [0.5, 0.6) is 0 Å². The molecule has 12 bridgehead atoms. The average Bonchev–Trinajstić information content (AvgIpc) is 1.51. The van der Waals surface area contributed by atoms with Crippen molar-refractivity contribution in [3.05, 3.63) is 494 Å². The summed E-state index contributed by atoms with van der Waals surface area (Å²) in [5, 5.41) is 5.09. The first-order valence-electron chi connectivity index (χ1n) is 54.6. The lowest BCUT2D eigenvalue weighted by molar-refractivity contribution is -0.0399. The Kier molecular flexibility index (Phi) is 20.3. The number of rotatable bonds is 14. The summed E-state index contributed by atoms with van der Waals surface area (Å²) in [4.78, 5) is 7.59. The van der Waals surface area contributed by atoms with Crippen LogP contribution in [-0.4, -0.2) is 4.57 Å². The number of nitrogens with zero attached hydrogens (tertiary/aromatic N) is 4. The van der Waals surface area contributed by atoms with Crippen molar-refractivity contribution in [2.45, 2.75) is 113 Å². The summed E-state index contributed by atoms with van der Waals surface area (Å²) in [6.45, 7) is 0. The molecular weight excluding hydrogens is 1760 g/mol. The number of hydrogen-bond donors (Lipinski definition) is 0. The smallest absolute Gasteiger partial charge is 0.0543 e. The zero-order valence-electron chi connectivity index (χ0n) is 82.7. The Morgan fingerprint density at radius 3 is 0.829 bits per heavy atom. The normalized spacial score (nSPS) is 24.4. The predicted octanol–water partition coefficient (Wildman–Crippen LogP) is 37.6. The van der Waals surface area contributed by atoms with Crippen LogP contribution < -0.4 is 14.7 Å². The molecule has 0 saturated heterocycles. The Labute approximate surface area is 858 Å². The molecule has 0 amide bonds. The molecule has 0 aliphatic heterocycles. The molecule has 15 aliphatic carbocycles. The molecule has 4 heteroatoms. The van der Waals surface area contributed by atoms with E-state index in [2.05, 4.69) is 480 Å². The Bertz CT molecular complexity index is 8350. The van der Waals surface area contributed by atoms with Crippen LogP contribution in [-0.2, 0) is 16.2 Å². The maximum Gasteiger partial charge on any atom is 0.0543 e. The molecule has 0 unspecified atom stereocenters. The van der Waals surface area contributed by atoms with Gasteiger partial charge in [0.15, 0.2) is 0 Å². The predicted molar refractivity (Wildman–Crippen MR) is 607 cm³/mol. The molecule has 3 spiro atoms. The Morgan fingerprint density at radius 2 is 0.445 bits per heavy atom. The lowest BCUT2D eigenvalue weighted by Gasteiger charge is -2.61. The monoisotopic (exact) mass is 1880 g/mol. The summed E-state index contributed by atoms with van der Waals surface area (Å²) in [6.07, 6.45) is 21.2. The highest BCUT2D eigenvalue weighted by atomic mass is 15.2. The highest BCUT2D eigenvalue weighted by molar-refractivity contribution is 6.11. The van der Waals surface area contributed by atoms with Gasteiger partial charge in [0.05, 0.1) is 28.1 Å². The van der Waals surface area contributed by atoms with Gasteiger partial charge in [-0.15, -0.1) is 0 Å². The summed E-state index contributed by atoms with van der Waals surface area (Å²) >= 11 is 0. The molecule has 35 rings (SSSR count). The van der Waals surface area contributed by atoms with Gasteiger partial charge in [-0.3, -0.25) is 0 Å². The van der Waals surface area contributed by atoms with Crippen molar-refractivity contribution in [2.24, 2.45) is 71.0 Å². The fraction of sp³-hybridized carbons (Fsp3) is 0.211. The number of para-hydroxylation sites is 4. The Hall–Kier alpha value is -15.4. The summed E-state index contributed by atoms with van der Waals surface area (Å²) in [7, 11) is 0. The van der Waals surface area contributed by atoms with Crippen LogP contribution in [0.1, 0.15) is 130 Å². The van der Waals surface area contributed by atoms with Gasteiger partial charge in [0, 0.05) is 83.5 Å². The van der Waals surface area contributed by atoms with Gasteiger partial charge in [-0.1, -0.05) is 346 Å². The Morgan fingerprint density at radius 1 is 0.178 bits per heavy atom. The van der Waals surface area contributed by atoms with Crippen LogP contribution in [0.4, 0.5) is 51.2 Å². The van der Waals surface area contributed by atoms with Gasteiger partial charge in [-0.05, 0) is 388 Å². The molecule has 15 aliphatic rings. The molecule has 20 aromatic rings. The van der Waals surface area contributed by atoms with Gasteiger partial charge in [0.2, 0.25) is 0 Å². The number of hydrogen-bond acceptors (Lipinski definition) is 3. The largest absolute Gasteiger partial charge is 0.310 e. The van der Waals surface area contributed by atoms with E-state index in [1.807, 2.05) is 0 Å². The van der Waals surface area contributed by atoms with Crippen LogP contribution in [0.2, 0.25) is 0 Å². The molecular formula is C142H118N4. The molecule has 4 nitrogen and oxygen atoms in total. The van der Waals surface area contributed by atoms with Crippen LogP contribution in [0.15, 0.2) is 461 Å². The minimum Gasteiger partial charge on any atom is -0.310 e. The van der Waals surface area contributed by atoms with Crippen molar-refractivity contribution in [3.63, 3.8) is 0 Å². The molecule has 0 radical (unpaired) electrons. The van der Waals surface area contributed by atoms with Crippen molar-refractivity contribution in [2.75, 3.05) is 14.7 Å². The topological polar surface area (TPSA) is 14.7 Å². The molecule has 1 aromatic heterocycles. The third-order valence-electron chi connectivity index (χ3n) is 38.2. The number of anilines is 9. The second-order valence-corrected chi connectivity index (χ2v) is 45.3. The number of aromatic nitrogens is 1. The van der Waals surface area contributed by atoms with Crippen molar-refractivity contribution >= 4 is 83.8 Å². The third kappa shape index (κ3) is 13.4. The lowest BCUT2D eigenvalue weighted by atomic mass is 9.43. The van der Waals surface area contributed by atoms with Crippen LogP contribution in [0.25, 0.3) is 116 Å². The fourth-order valence-electron chi connectivity index (χ4n) is 33.4. The molecule has 1 heterocycles. The molecule has 12 saturated carbocycles. The quantitative estimate of drug-likeness (QED) is 0.108. The van der Waals surface area contributed by atoms with Gasteiger partial charge >= 0.3 is 0 Å². The lowest BCUT2D eigenvalue weighted by Crippen LogP contribution is -2.55. The van der Waals surface area contributed by atoms with E-state index < -0.39 is 0 Å². The standard InChI is InChI=1S/C50H41N.C46H38N2.C46H39N/c1-2-9-35(10-3-1)37-17-19-38(20-18-37)39-21-24-43(25-22-39)51(44-26-23-36-11-4-5-12-40(36)32-44)48-16-8-15-47-49(48)45-13-6-7-14-46(45)50(47)41-28-33-27-34(30-41)31-42(50)29-33;1-3-12-34(13-4-1)47(36-22-23-43-39(29-36)37-16-8-10-20-42(37)48(43)35-14-5-2-6-15-35)44-21-11-19-41-45(44)38-17-7-9-18-40(38)46(41)32-25-30-24-31(27-32)28-33(46)26-30;1-3-10-33(11-4-1)34-18-20-35(21-19-34)36-22-24-40(25-23-36)47(39-12-5-2-6-13-39)44-17-9-16-43-45(44)41-14-7-8-15-42(41)46(43)37-27-31-26-32(29-37)30-38(46)28-31/h1-26,32-34,41-42H,27-31H2;1-23,29-33H,24-28H2;1-25,31-32,37-38H,26-30H2. The highest BCUT2D eigenvalue weighted by Crippen LogP contribution is 2.75. The molecule has 706 valence electrons. The molecule has 19 aromatic carbocycles. The first kappa shape index (κ1) is 86.2. The second kappa shape index (κ2) is 34.4. The maximum atomic E-state index is 2.54. The second-order valence-electron chi connectivity index (χ2n) is 45.3. The van der Waals surface area contributed by atoms with Crippen LogP contribution >= 0.6 is 0 Å². The SMILES string of the molecule is c1ccc(-c2ccc(-c3ccc(N(c4ccc5ccccc5c4)c4cccc5c4-c4ccccc4C54C5CC6CC(C5)CC4C6)cc3)cc2)cc1.c1ccc(-c2ccc(-c3ccc(N(c4ccccc4)c4cccc5c4-c4ccccc4C54C5CC6CC(C5)CC4C6)cc3)cc2)cc1.c1ccc(N(c2ccc3c(c2)c2ccccc2n3-c2ccccc2)c2cccc3c2-c2ccccc2C32C3CC4CC(C3)CC2C4)cc1. The average molecular weight is 1880 g/mol. The summed E-state index contributed by atoms with van der Waals surface area (Å²) in [5.74, 6) is 10.1. The zero-order valence-corrected chi connectivity index (χ0v) is 82.7. The summed E-state index contributed by atoms with van der Waals surface area (Å²) < 4.78 is 2.41. The van der Waals surface area contributed by atoms with E-state index in [1.165, 1.54) is 264 Å². The zero-order chi connectivity index (χ0) is 95.9. The van der Waals surface area contributed by atoms with Crippen molar-refractivity contribution < 1.29 is 0 Å². The van der Waals surface area contributed by atoms with Gasteiger partial charge < -0.3 is 19.3 Å². The first-order valence-corrected chi connectivity index (χ1v) is 54.6. The van der Waals surface area contributed by atoms with Gasteiger partial charge in [-0.25, -0.2) is 0 Å². The molecule has 0 atom stereocenters. The fourth-order valence-corrected chi connectivity index (χ4v) is 33.4. The highest BCUT2D eigenvalue weighted by Gasteiger charge is 2.66. The van der Waals surface area contributed by atoms with Crippen LogP contribution in [0.3, 0.4) is 0 Å². The van der Waals surface area contributed by atoms with Gasteiger partial charge in [0.25, 0.3) is 0 Å². The van der Waals surface area contributed by atoms with E-state index >= 15 is 0 Å². The van der Waals surface area contributed by atoms with E-state index in [0.29, 0.717) is 0 Å². The minimum absolute atomic E-state index is 0.139. The molecule has 0 N–H and O–H groups in total. The number of benzene rings is 19. The van der Waals surface area contributed by atoms with Gasteiger partial charge in [-0.2, -0.15) is 0 Å². The van der Waals surface area contributed by atoms with E-state index in [-0.39, 0.29) is 16.2 Å². The van der Waals surface area contributed by atoms with Gasteiger partial charge in [0.1, 0.15) is 0 Å². The van der Waals surface area contributed by atoms with E-state index in [4.69, 9.17) is 0 Å². The summed E-state index contributed by atoms with van der Waals surface area (Å²) in [6, 6.07) is 172. The summed E-state index contributed by atoms with van der Waals surface area (Å²) in [5.41, 5.74) is 43.4. The van der Waals surface area contributed by atoms with Crippen LogP contribution in [0, 0.1) is 71.0 Å². The Balaban J connectivity index is 0.000000102.